The molecule has 7 nitrogen and oxygen atoms in total. The monoisotopic (exact) mass is 365 g/mol. The normalized spacial score (nSPS) is 11.9. The van der Waals surface area contributed by atoms with Gasteiger partial charge in [-0.1, -0.05) is 5.92 Å². The zero-order valence-corrected chi connectivity index (χ0v) is 15.9. The van der Waals surface area contributed by atoms with Crippen LogP contribution in [0.15, 0.2) is 16.6 Å². The Morgan fingerprint density at radius 2 is 1.81 bits per heavy atom. The van der Waals surface area contributed by atoms with Gasteiger partial charge in [0.05, 0.1) is 25.2 Å². The summed E-state index contributed by atoms with van der Waals surface area (Å²) in [5.41, 5.74) is -0.739. The summed E-state index contributed by atoms with van der Waals surface area (Å²) in [5, 5.41) is 0. The molecule has 0 saturated carbocycles. The number of ketones is 1. The number of nitrogens with zero attached hydrogens (tertiary/aromatic N) is 1. The fourth-order valence-corrected chi connectivity index (χ4v) is 1.90. The lowest BCUT2D eigenvalue weighted by Crippen LogP contribution is -2.35. The van der Waals surface area contributed by atoms with Crippen LogP contribution in [0.2, 0.25) is 0 Å². The number of carbonyl (C=O) groups is 3. The Balaban J connectivity index is 4.03. The van der Waals surface area contributed by atoms with E-state index in [1.165, 1.54) is 19.3 Å². The van der Waals surface area contributed by atoms with Gasteiger partial charge in [0.1, 0.15) is 5.60 Å². The molecule has 0 aromatic rings. The molecule has 0 saturated heterocycles. The predicted molar refractivity (Wildman–Crippen MR) is 97.8 cm³/mol. The molecule has 144 valence electrons. The van der Waals surface area contributed by atoms with Gasteiger partial charge < -0.3 is 14.2 Å². The maximum absolute atomic E-state index is 12.0. The summed E-state index contributed by atoms with van der Waals surface area (Å²) in [7, 11) is 1.51. The van der Waals surface area contributed by atoms with Crippen LogP contribution in [-0.4, -0.2) is 56.4 Å². The molecule has 0 N–H and O–H groups in total. The number of aliphatic imine (C=N–C) groups is 1. The minimum absolute atomic E-state index is 0.0167. The van der Waals surface area contributed by atoms with E-state index in [4.69, 9.17) is 20.6 Å². The summed E-state index contributed by atoms with van der Waals surface area (Å²) in [4.78, 5) is 39.0. The van der Waals surface area contributed by atoms with Gasteiger partial charge in [-0.2, -0.15) is 0 Å². The van der Waals surface area contributed by atoms with Gasteiger partial charge in [-0.3, -0.25) is 14.6 Å². The molecular formula is C19H27NO6. The van der Waals surface area contributed by atoms with E-state index >= 15 is 0 Å². The maximum atomic E-state index is 12.0. The van der Waals surface area contributed by atoms with Crippen LogP contribution in [0.25, 0.3) is 0 Å². The lowest BCUT2D eigenvalue weighted by atomic mass is 9.99. The van der Waals surface area contributed by atoms with E-state index in [0.29, 0.717) is 13.0 Å². The number of hydrogen-bond donors (Lipinski definition) is 0. The summed E-state index contributed by atoms with van der Waals surface area (Å²) in [5.74, 6) is 0.998. The summed E-state index contributed by atoms with van der Waals surface area (Å²) in [6, 6.07) is 0. The van der Waals surface area contributed by atoms with Gasteiger partial charge >= 0.3 is 11.9 Å². The molecule has 0 radical (unpaired) electrons. The second-order valence-corrected chi connectivity index (χ2v) is 5.73. The van der Waals surface area contributed by atoms with E-state index in [-0.39, 0.29) is 37.4 Å². The van der Waals surface area contributed by atoms with Crippen molar-refractivity contribution in [3.8, 4) is 12.3 Å². The fraction of sp³-hybridized carbons (Fsp3) is 0.579. The van der Waals surface area contributed by atoms with Crippen LogP contribution in [0, 0.1) is 12.3 Å². The number of Topliss-reactive ketones (excluding diaryl/α,β-unsaturated/α-hetero) is 1. The summed E-state index contributed by atoms with van der Waals surface area (Å²) in [6.07, 6.45) is 8.06. The van der Waals surface area contributed by atoms with Crippen LogP contribution < -0.4 is 0 Å². The van der Waals surface area contributed by atoms with Crippen molar-refractivity contribution in [1.82, 2.24) is 0 Å². The average Bonchev–Trinajstić information content (AvgIpc) is 2.58. The second-order valence-electron chi connectivity index (χ2n) is 5.73. The number of terminal acetylenes is 1. The number of allylic oxidation sites excluding steroid dienone is 1. The van der Waals surface area contributed by atoms with Crippen molar-refractivity contribution in [2.75, 3.05) is 26.9 Å². The molecule has 26 heavy (non-hydrogen) atoms. The van der Waals surface area contributed by atoms with Crippen molar-refractivity contribution in [2.24, 2.45) is 4.99 Å². The standard InChI is InChI=1S/C19H27NO6/c1-6-9-15(14-20-5)18(23)25-13-8-12-24-17(22)11-10-16(21)19(3,4)26-7-2/h1,9,14H,7-8,10-13H2,2-5H3/b15-9+,20-14-. The highest BCUT2D eigenvalue weighted by Crippen LogP contribution is 2.14. The van der Waals surface area contributed by atoms with Gasteiger partial charge in [0.15, 0.2) is 5.78 Å². The molecular weight excluding hydrogens is 338 g/mol. The Bertz CT molecular complexity index is 583. The zero-order chi connectivity index (χ0) is 20.0. The van der Waals surface area contributed by atoms with E-state index in [1.807, 2.05) is 0 Å². The molecule has 0 fully saturated rings. The van der Waals surface area contributed by atoms with Crippen molar-refractivity contribution >= 4 is 23.9 Å². The van der Waals surface area contributed by atoms with Crippen molar-refractivity contribution < 1.29 is 28.6 Å². The molecule has 0 aromatic heterocycles. The third kappa shape index (κ3) is 9.74. The minimum Gasteiger partial charge on any atom is -0.466 e. The molecule has 0 atom stereocenters. The second kappa shape index (κ2) is 12.8. The summed E-state index contributed by atoms with van der Waals surface area (Å²) < 4.78 is 15.3. The van der Waals surface area contributed by atoms with Crippen LogP contribution in [-0.2, 0) is 28.6 Å². The van der Waals surface area contributed by atoms with Crippen molar-refractivity contribution in [2.45, 2.75) is 45.6 Å². The Hall–Kier alpha value is -2.46. The van der Waals surface area contributed by atoms with Gasteiger partial charge in [0.2, 0.25) is 0 Å². The number of ether oxygens (including phenoxy) is 3. The van der Waals surface area contributed by atoms with E-state index in [9.17, 15) is 14.4 Å². The quantitative estimate of drug-likeness (QED) is 0.172. The number of hydrogen-bond acceptors (Lipinski definition) is 7. The first kappa shape index (κ1) is 23.5. The molecule has 0 aliphatic carbocycles. The lowest BCUT2D eigenvalue weighted by Gasteiger charge is -2.22. The Morgan fingerprint density at radius 1 is 1.15 bits per heavy atom. The van der Waals surface area contributed by atoms with Crippen molar-refractivity contribution in [1.29, 1.82) is 0 Å². The van der Waals surface area contributed by atoms with Gasteiger partial charge in [0.25, 0.3) is 0 Å². The minimum atomic E-state index is -0.908. The molecule has 0 aromatic carbocycles. The predicted octanol–water partition coefficient (Wildman–Crippen LogP) is 1.89. The average molecular weight is 365 g/mol. The molecule has 0 heterocycles. The van der Waals surface area contributed by atoms with Crippen LogP contribution in [0.3, 0.4) is 0 Å². The zero-order valence-electron chi connectivity index (χ0n) is 15.9. The maximum Gasteiger partial charge on any atom is 0.340 e. The smallest absolute Gasteiger partial charge is 0.340 e. The van der Waals surface area contributed by atoms with Crippen molar-refractivity contribution in [3.63, 3.8) is 0 Å². The number of rotatable bonds is 12. The van der Waals surface area contributed by atoms with Gasteiger partial charge in [-0.05, 0) is 20.8 Å². The Kier molecular flexibility index (Phi) is 11.6. The van der Waals surface area contributed by atoms with Gasteiger partial charge in [-0.15, -0.1) is 6.42 Å². The highest BCUT2D eigenvalue weighted by Gasteiger charge is 2.27. The Morgan fingerprint density at radius 3 is 2.38 bits per heavy atom. The molecule has 0 rings (SSSR count). The van der Waals surface area contributed by atoms with E-state index in [2.05, 4.69) is 10.9 Å². The topological polar surface area (TPSA) is 91.3 Å². The van der Waals surface area contributed by atoms with Crippen LogP contribution in [0.5, 0.6) is 0 Å². The fourth-order valence-electron chi connectivity index (χ4n) is 1.90. The number of carbonyl (C=O) groups excluding carboxylic acids is 3. The Labute approximate surface area is 154 Å². The van der Waals surface area contributed by atoms with E-state index < -0.39 is 17.5 Å². The third-order valence-corrected chi connectivity index (χ3v) is 3.26. The molecule has 0 aliphatic heterocycles. The number of esters is 2. The van der Waals surface area contributed by atoms with E-state index in [1.54, 1.807) is 20.8 Å². The summed E-state index contributed by atoms with van der Waals surface area (Å²) in [6.45, 7) is 5.73. The summed E-state index contributed by atoms with van der Waals surface area (Å²) >= 11 is 0. The molecule has 0 spiro atoms. The lowest BCUT2D eigenvalue weighted by molar-refractivity contribution is -0.148. The van der Waals surface area contributed by atoms with E-state index in [0.717, 1.165) is 0 Å². The van der Waals surface area contributed by atoms with Crippen molar-refractivity contribution in [3.05, 3.63) is 11.6 Å². The SMILES string of the molecule is C#C/C=C(\C=N/C)C(=O)OCCCOC(=O)CCC(=O)C(C)(C)OCC. The largest absolute Gasteiger partial charge is 0.466 e. The molecule has 0 bridgehead atoms. The highest BCUT2D eigenvalue weighted by molar-refractivity contribution is 6.09. The molecule has 7 heteroatoms. The molecule has 0 amide bonds. The van der Waals surface area contributed by atoms with Gasteiger partial charge in [0, 0.05) is 38.8 Å². The third-order valence-electron chi connectivity index (χ3n) is 3.26. The van der Waals surface area contributed by atoms with Crippen LogP contribution in [0.1, 0.15) is 40.0 Å². The van der Waals surface area contributed by atoms with Crippen LogP contribution in [0.4, 0.5) is 0 Å². The van der Waals surface area contributed by atoms with Crippen LogP contribution >= 0.6 is 0 Å². The first-order valence-corrected chi connectivity index (χ1v) is 8.37. The first-order valence-electron chi connectivity index (χ1n) is 8.37. The highest BCUT2D eigenvalue weighted by atomic mass is 16.5. The first-order chi connectivity index (χ1) is 12.3. The van der Waals surface area contributed by atoms with Gasteiger partial charge in [-0.25, -0.2) is 4.79 Å². The molecule has 0 unspecified atom stereocenters. The molecule has 0 aliphatic rings.